The van der Waals surface area contributed by atoms with Crippen LogP contribution in [0.15, 0.2) is 36.7 Å². The van der Waals surface area contributed by atoms with Crippen LogP contribution in [-0.4, -0.2) is 52.0 Å². The van der Waals surface area contributed by atoms with Gasteiger partial charge < -0.3 is 10.5 Å². The lowest BCUT2D eigenvalue weighted by Gasteiger charge is -2.10. The lowest BCUT2D eigenvalue weighted by atomic mass is 10.1. The second-order valence-electron chi connectivity index (χ2n) is 8.33. The van der Waals surface area contributed by atoms with E-state index in [1.165, 1.54) is 0 Å². The molecule has 3 aromatic heterocycles. The largest absolute Gasteiger partial charge is 0.450 e. The van der Waals surface area contributed by atoms with E-state index in [0.717, 1.165) is 23.5 Å². The summed E-state index contributed by atoms with van der Waals surface area (Å²) in [5.74, 6) is 0.569. The topological polar surface area (TPSA) is 122 Å². The number of halogens is 3. The van der Waals surface area contributed by atoms with E-state index in [-0.39, 0.29) is 18.1 Å². The maximum absolute atomic E-state index is 13.0. The van der Waals surface area contributed by atoms with Gasteiger partial charge in [-0.15, -0.1) is 0 Å². The Morgan fingerprint density at radius 2 is 2.00 bits per heavy atom. The SMILES string of the molecule is Cc1nn(C)c(-n2ccc3cc(C(F)(F)F)cnc32)c1CCC=CCS(=O)(=O)CCCCOC(N)=O. The van der Waals surface area contributed by atoms with Crippen molar-refractivity contribution in [1.29, 1.82) is 0 Å². The fourth-order valence-corrected chi connectivity index (χ4v) is 5.11. The van der Waals surface area contributed by atoms with E-state index >= 15 is 0 Å². The summed E-state index contributed by atoms with van der Waals surface area (Å²) in [5.41, 5.74) is 6.08. The number of hydrogen-bond donors (Lipinski definition) is 1. The molecule has 2 N–H and O–H groups in total. The van der Waals surface area contributed by atoms with Gasteiger partial charge in [0.25, 0.3) is 0 Å². The molecule has 0 atom stereocenters. The molecule has 3 rings (SSSR count). The number of nitrogens with zero attached hydrogens (tertiary/aromatic N) is 4. The fraction of sp³-hybridized carbons (Fsp3) is 0.435. The molecular weight excluding hydrogens is 499 g/mol. The van der Waals surface area contributed by atoms with Crippen molar-refractivity contribution in [3.05, 3.63) is 53.5 Å². The van der Waals surface area contributed by atoms with Gasteiger partial charge in [0.1, 0.15) is 11.5 Å². The maximum Gasteiger partial charge on any atom is 0.417 e. The van der Waals surface area contributed by atoms with E-state index in [2.05, 4.69) is 14.8 Å². The third-order valence-corrected chi connectivity index (χ3v) is 7.18. The predicted octanol–water partition coefficient (Wildman–Crippen LogP) is 3.87. The van der Waals surface area contributed by atoms with Crippen molar-refractivity contribution < 1.29 is 31.1 Å². The molecule has 3 heterocycles. The molecule has 0 aliphatic carbocycles. The summed E-state index contributed by atoms with van der Waals surface area (Å²) in [5, 5.41) is 4.82. The van der Waals surface area contributed by atoms with E-state index in [9.17, 15) is 26.4 Å². The molecule has 9 nitrogen and oxygen atoms in total. The zero-order valence-electron chi connectivity index (χ0n) is 20.0. The average molecular weight is 528 g/mol. The zero-order chi connectivity index (χ0) is 26.5. The summed E-state index contributed by atoms with van der Waals surface area (Å²) >= 11 is 0. The molecule has 0 saturated heterocycles. The Hall–Kier alpha value is -3.35. The van der Waals surface area contributed by atoms with E-state index in [4.69, 9.17) is 5.73 Å². The van der Waals surface area contributed by atoms with Gasteiger partial charge in [0.15, 0.2) is 9.84 Å². The molecule has 13 heteroatoms. The standard InChI is InChI=1S/C23H28F3N5O4S/c1-16-19(8-4-3-6-12-36(33,34)13-7-5-11-35-22(27)32)21(30(2)29-16)31-10-9-17-14-18(23(24,25)26)15-28-20(17)31/h3,6,9-10,14-15H,4-5,7-8,11-13H2,1-2H3,(H2,27,32). The first-order valence-corrected chi connectivity index (χ1v) is 13.1. The van der Waals surface area contributed by atoms with Gasteiger partial charge in [-0.2, -0.15) is 18.3 Å². The number of allylic oxidation sites excluding steroid dienone is 1. The minimum atomic E-state index is -4.48. The number of pyridine rings is 1. The van der Waals surface area contributed by atoms with Gasteiger partial charge in [-0.25, -0.2) is 18.2 Å². The Bertz CT molecular complexity index is 1360. The number of carbonyl (C=O) groups is 1. The molecule has 0 spiro atoms. The number of fused-ring (bicyclic) bond motifs is 1. The van der Waals surface area contributed by atoms with Crippen LogP contribution in [0.25, 0.3) is 16.9 Å². The Morgan fingerprint density at radius 1 is 1.25 bits per heavy atom. The first-order chi connectivity index (χ1) is 16.9. The molecule has 196 valence electrons. The smallest absolute Gasteiger partial charge is 0.417 e. The van der Waals surface area contributed by atoms with Crippen LogP contribution < -0.4 is 5.73 Å². The molecule has 0 aliphatic rings. The van der Waals surface area contributed by atoms with Crippen LogP contribution in [0.1, 0.15) is 36.1 Å². The van der Waals surface area contributed by atoms with Crippen LogP contribution in [0, 0.1) is 6.92 Å². The van der Waals surface area contributed by atoms with Crippen LogP contribution in [0.3, 0.4) is 0 Å². The fourth-order valence-electron chi connectivity index (χ4n) is 3.87. The van der Waals surface area contributed by atoms with Crippen LogP contribution in [-0.2, 0) is 34.2 Å². The Morgan fingerprint density at radius 3 is 2.69 bits per heavy atom. The third kappa shape index (κ3) is 6.86. The summed E-state index contributed by atoms with van der Waals surface area (Å²) in [6.45, 7) is 1.93. The lowest BCUT2D eigenvalue weighted by molar-refractivity contribution is -0.137. The van der Waals surface area contributed by atoms with Crippen molar-refractivity contribution in [2.45, 2.75) is 38.8 Å². The van der Waals surface area contributed by atoms with Crippen molar-refractivity contribution in [3.8, 4) is 5.82 Å². The van der Waals surface area contributed by atoms with Gasteiger partial charge in [-0.1, -0.05) is 12.2 Å². The predicted molar refractivity (Wildman–Crippen MR) is 128 cm³/mol. The summed E-state index contributed by atoms with van der Waals surface area (Å²) in [6, 6.07) is 2.64. The van der Waals surface area contributed by atoms with Crippen LogP contribution in [0.4, 0.5) is 18.0 Å². The number of alkyl halides is 3. The van der Waals surface area contributed by atoms with Crippen molar-refractivity contribution >= 4 is 27.0 Å². The second kappa shape index (κ2) is 11.1. The molecule has 0 aliphatic heterocycles. The minimum absolute atomic E-state index is 0.0188. The van der Waals surface area contributed by atoms with Crippen molar-refractivity contribution in [3.63, 3.8) is 0 Å². The summed E-state index contributed by atoms with van der Waals surface area (Å²) in [7, 11) is -1.53. The Kier molecular flexibility index (Phi) is 8.43. The molecule has 0 fully saturated rings. The molecule has 3 aromatic rings. The molecule has 1 amide bonds. The van der Waals surface area contributed by atoms with E-state index in [0.29, 0.717) is 42.5 Å². The van der Waals surface area contributed by atoms with Gasteiger partial charge in [-0.3, -0.25) is 9.25 Å². The van der Waals surface area contributed by atoms with E-state index in [1.54, 1.807) is 40.7 Å². The highest BCUT2D eigenvalue weighted by atomic mass is 32.2. The van der Waals surface area contributed by atoms with E-state index in [1.807, 2.05) is 6.92 Å². The highest BCUT2D eigenvalue weighted by Gasteiger charge is 2.31. The molecular formula is C23H28F3N5O4S. The minimum Gasteiger partial charge on any atom is -0.450 e. The molecule has 0 aromatic carbocycles. The zero-order valence-corrected chi connectivity index (χ0v) is 20.8. The quantitative estimate of drug-likeness (QED) is 0.298. The molecule has 36 heavy (non-hydrogen) atoms. The Balaban J connectivity index is 1.65. The third-order valence-electron chi connectivity index (χ3n) is 5.57. The number of primary amides is 1. The van der Waals surface area contributed by atoms with Crippen molar-refractivity contribution in [2.75, 3.05) is 18.1 Å². The van der Waals surface area contributed by atoms with Gasteiger partial charge in [0.05, 0.1) is 29.4 Å². The van der Waals surface area contributed by atoms with Gasteiger partial charge in [0.2, 0.25) is 0 Å². The molecule has 0 radical (unpaired) electrons. The molecule has 0 unspecified atom stereocenters. The number of carbonyl (C=O) groups excluding carboxylic acids is 1. The lowest BCUT2D eigenvalue weighted by Crippen LogP contribution is -2.15. The highest BCUT2D eigenvalue weighted by molar-refractivity contribution is 7.91. The van der Waals surface area contributed by atoms with E-state index < -0.39 is 27.7 Å². The summed E-state index contributed by atoms with van der Waals surface area (Å²) < 4.78 is 71.4. The number of unbranched alkanes of at least 4 members (excludes halogenated alkanes) is 1. The van der Waals surface area contributed by atoms with Gasteiger partial charge in [-0.05, 0) is 44.7 Å². The van der Waals surface area contributed by atoms with Gasteiger partial charge >= 0.3 is 12.3 Å². The molecule has 0 saturated carbocycles. The number of ether oxygens (including phenoxy) is 1. The number of aromatic nitrogens is 4. The number of nitrogens with two attached hydrogens (primary N) is 1. The number of amides is 1. The average Bonchev–Trinajstić information content (AvgIpc) is 3.31. The highest BCUT2D eigenvalue weighted by Crippen LogP contribution is 2.32. The molecule has 0 bridgehead atoms. The number of aryl methyl sites for hydroxylation is 2. The van der Waals surface area contributed by atoms with Gasteiger partial charge in [0, 0.05) is 30.4 Å². The first-order valence-electron chi connectivity index (χ1n) is 11.2. The maximum atomic E-state index is 13.0. The Labute approximate surface area is 206 Å². The summed E-state index contributed by atoms with van der Waals surface area (Å²) in [4.78, 5) is 14.6. The number of sulfone groups is 1. The van der Waals surface area contributed by atoms with Crippen molar-refractivity contribution in [2.24, 2.45) is 12.8 Å². The number of hydrogen-bond acceptors (Lipinski definition) is 6. The van der Waals surface area contributed by atoms with Crippen molar-refractivity contribution in [1.82, 2.24) is 19.3 Å². The summed E-state index contributed by atoms with van der Waals surface area (Å²) in [6.07, 6.45) is 2.38. The van der Waals surface area contributed by atoms with Crippen LogP contribution in [0.5, 0.6) is 0 Å². The first kappa shape index (κ1) is 27.2. The normalized spacial score (nSPS) is 12.6. The number of rotatable bonds is 11. The monoisotopic (exact) mass is 527 g/mol. The second-order valence-corrected chi connectivity index (χ2v) is 10.6. The van der Waals surface area contributed by atoms with Crippen LogP contribution in [0.2, 0.25) is 0 Å². The van der Waals surface area contributed by atoms with Crippen LogP contribution >= 0.6 is 0 Å².